The topological polar surface area (TPSA) is 130 Å². The fraction of sp³-hybridized carbons (Fsp3) is 0.0625. The highest BCUT2D eigenvalue weighted by molar-refractivity contribution is 7.17. The van der Waals surface area contributed by atoms with Crippen LogP contribution in [0.15, 0.2) is 30.3 Å². The van der Waals surface area contributed by atoms with E-state index in [0.717, 1.165) is 27.9 Å². The summed E-state index contributed by atoms with van der Waals surface area (Å²) in [7, 11) is 0. The summed E-state index contributed by atoms with van der Waals surface area (Å²) >= 11 is 0.745. The van der Waals surface area contributed by atoms with Crippen LogP contribution in [-0.4, -0.2) is 41.7 Å². The minimum atomic E-state index is -1.40. The van der Waals surface area contributed by atoms with Crippen LogP contribution < -0.4 is 5.32 Å². The molecule has 3 heterocycles. The van der Waals surface area contributed by atoms with E-state index in [0.29, 0.717) is 11.5 Å². The second-order valence-corrected chi connectivity index (χ2v) is 6.46. The summed E-state index contributed by atoms with van der Waals surface area (Å²) in [6, 6.07) is 9.24. The molecular weight excluding hydrogens is 358 g/mol. The number of hydrogen-bond donors (Lipinski definition) is 3. The van der Waals surface area contributed by atoms with Crippen molar-refractivity contribution in [2.24, 2.45) is 0 Å². The zero-order valence-electron chi connectivity index (χ0n) is 13.3. The largest absolute Gasteiger partial charge is 0.477 e. The summed E-state index contributed by atoms with van der Waals surface area (Å²) in [4.78, 5) is 30.5. The molecule has 0 fully saturated rings. The van der Waals surface area contributed by atoms with E-state index < -0.39 is 17.6 Å². The van der Waals surface area contributed by atoms with Gasteiger partial charge in [-0.25, -0.2) is 24.1 Å². The zero-order chi connectivity index (χ0) is 18.4. The van der Waals surface area contributed by atoms with Crippen LogP contribution in [0.1, 0.15) is 25.9 Å². The van der Waals surface area contributed by atoms with E-state index in [1.807, 2.05) is 37.3 Å². The Bertz CT molecular complexity index is 1160. The molecule has 0 amide bonds. The number of hydrogen-bond acceptors (Lipinski definition) is 7. The molecule has 0 unspecified atom stereocenters. The number of para-hydroxylation sites is 1. The quantitative estimate of drug-likeness (QED) is 0.501. The SMILES string of the molecule is Cc1cc2nc(Nc3nc(C(=O)O)c(C(=O)O)s3)c3ccccc3n2n1. The molecule has 0 aliphatic rings. The first-order valence-electron chi connectivity index (χ1n) is 7.43. The van der Waals surface area contributed by atoms with Crippen LogP contribution in [0.4, 0.5) is 10.9 Å². The molecule has 0 atom stereocenters. The lowest BCUT2D eigenvalue weighted by atomic mass is 10.2. The van der Waals surface area contributed by atoms with Crippen molar-refractivity contribution in [3.63, 3.8) is 0 Å². The summed E-state index contributed by atoms with van der Waals surface area (Å²) in [5.74, 6) is -2.30. The Kier molecular flexibility index (Phi) is 3.55. The molecule has 10 heteroatoms. The van der Waals surface area contributed by atoms with Gasteiger partial charge in [-0.15, -0.1) is 0 Å². The third-order valence-electron chi connectivity index (χ3n) is 3.68. The third-order valence-corrected chi connectivity index (χ3v) is 4.63. The molecule has 9 nitrogen and oxygen atoms in total. The Morgan fingerprint density at radius 2 is 1.92 bits per heavy atom. The molecule has 0 saturated carbocycles. The van der Waals surface area contributed by atoms with E-state index in [2.05, 4.69) is 20.4 Å². The molecule has 4 rings (SSSR count). The maximum absolute atomic E-state index is 11.2. The molecule has 26 heavy (non-hydrogen) atoms. The van der Waals surface area contributed by atoms with Crippen molar-refractivity contribution in [3.05, 3.63) is 46.6 Å². The van der Waals surface area contributed by atoms with Crippen LogP contribution in [-0.2, 0) is 0 Å². The maximum atomic E-state index is 11.2. The molecule has 130 valence electrons. The number of thiazole rings is 1. The lowest BCUT2D eigenvalue weighted by Crippen LogP contribution is -2.05. The number of aromatic nitrogens is 4. The van der Waals surface area contributed by atoms with Crippen molar-refractivity contribution in [2.45, 2.75) is 6.92 Å². The van der Waals surface area contributed by atoms with Gasteiger partial charge in [-0.2, -0.15) is 5.10 Å². The number of aryl methyl sites for hydroxylation is 1. The monoisotopic (exact) mass is 369 g/mol. The second-order valence-electron chi connectivity index (χ2n) is 5.47. The molecule has 1 aromatic carbocycles. The van der Waals surface area contributed by atoms with E-state index in [1.54, 1.807) is 4.52 Å². The summed E-state index contributed by atoms with van der Waals surface area (Å²) in [6.07, 6.45) is 0. The number of carbonyl (C=O) groups is 2. The Morgan fingerprint density at radius 3 is 2.62 bits per heavy atom. The van der Waals surface area contributed by atoms with Crippen molar-refractivity contribution in [2.75, 3.05) is 5.32 Å². The van der Waals surface area contributed by atoms with Crippen molar-refractivity contribution in [3.8, 4) is 0 Å². The van der Waals surface area contributed by atoms with Crippen LogP contribution in [0.25, 0.3) is 16.6 Å². The number of nitrogens with zero attached hydrogens (tertiary/aromatic N) is 4. The fourth-order valence-corrected chi connectivity index (χ4v) is 3.43. The molecule has 0 bridgehead atoms. The molecule has 3 aromatic heterocycles. The number of aromatic carboxylic acids is 2. The van der Waals surface area contributed by atoms with Crippen molar-refractivity contribution < 1.29 is 19.8 Å². The Morgan fingerprint density at radius 1 is 1.15 bits per heavy atom. The summed E-state index contributed by atoms with van der Waals surface area (Å²) in [5, 5.41) is 26.5. The first kappa shape index (κ1) is 16.0. The molecule has 0 saturated heterocycles. The van der Waals surface area contributed by atoms with Crippen LogP contribution in [0.5, 0.6) is 0 Å². The lowest BCUT2D eigenvalue weighted by molar-refractivity contribution is 0.0651. The van der Waals surface area contributed by atoms with Crippen molar-refractivity contribution in [1.82, 2.24) is 19.6 Å². The Labute approximate surface area is 149 Å². The van der Waals surface area contributed by atoms with E-state index in [4.69, 9.17) is 10.2 Å². The van der Waals surface area contributed by atoms with Gasteiger partial charge in [0.1, 0.15) is 10.7 Å². The number of fused-ring (bicyclic) bond motifs is 3. The smallest absolute Gasteiger partial charge is 0.356 e. The number of carboxylic acids is 2. The number of rotatable bonds is 4. The minimum absolute atomic E-state index is 0.137. The average molecular weight is 369 g/mol. The van der Waals surface area contributed by atoms with E-state index >= 15 is 0 Å². The lowest BCUT2D eigenvalue weighted by Gasteiger charge is -2.08. The Balaban J connectivity index is 1.88. The molecule has 3 N–H and O–H groups in total. The molecular formula is C16H11N5O4S. The third kappa shape index (κ3) is 2.52. The van der Waals surface area contributed by atoms with Gasteiger partial charge in [0.15, 0.2) is 16.5 Å². The number of carboxylic acid groups (broad SMARTS) is 2. The molecule has 0 aliphatic carbocycles. The second kappa shape index (κ2) is 5.77. The number of anilines is 2. The minimum Gasteiger partial charge on any atom is -0.477 e. The highest BCUT2D eigenvalue weighted by Gasteiger charge is 2.23. The van der Waals surface area contributed by atoms with Crippen LogP contribution >= 0.6 is 11.3 Å². The van der Waals surface area contributed by atoms with Gasteiger partial charge in [0.05, 0.1) is 11.2 Å². The maximum Gasteiger partial charge on any atom is 0.356 e. The predicted molar refractivity (Wildman–Crippen MR) is 94.5 cm³/mol. The molecule has 0 aliphatic heterocycles. The fourth-order valence-electron chi connectivity index (χ4n) is 2.64. The normalized spacial score (nSPS) is 11.1. The highest BCUT2D eigenvalue weighted by Crippen LogP contribution is 2.30. The summed E-state index contributed by atoms with van der Waals surface area (Å²) in [6.45, 7) is 1.86. The Hall–Kier alpha value is -3.53. The number of nitrogens with one attached hydrogen (secondary N) is 1. The molecule has 0 radical (unpaired) electrons. The van der Waals surface area contributed by atoms with Gasteiger partial charge in [0, 0.05) is 11.5 Å². The number of benzene rings is 1. The van der Waals surface area contributed by atoms with Gasteiger partial charge >= 0.3 is 11.9 Å². The summed E-state index contributed by atoms with van der Waals surface area (Å²) < 4.78 is 1.71. The first-order valence-corrected chi connectivity index (χ1v) is 8.25. The van der Waals surface area contributed by atoms with Gasteiger partial charge in [-0.1, -0.05) is 23.5 Å². The van der Waals surface area contributed by atoms with E-state index in [9.17, 15) is 9.59 Å². The highest BCUT2D eigenvalue weighted by atomic mass is 32.1. The predicted octanol–water partition coefficient (Wildman–Crippen LogP) is 2.79. The zero-order valence-corrected chi connectivity index (χ0v) is 14.1. The van der Waals surface area contributed by atoms with E-state index in [-0.39, 0.29) is 10.0 Å². The van der Waals surface area contributed by atoms with Crippen LogP contribution in [0.3, 0.4) is 0 Å². The average Bonchev–Trinajstić information content (AvgIpc) is 3.18. The standard InChI is InChI=1S/C16H11N5O4S/c1-7-6-10-17-13(8-4-2-3-5-9(8)21(10)20-7)19-16-18-11(14(22)23)12(26-16)15(24)25/h2-6H,1H3,(H,22,23)(H,24,25)(H,17,18,19). The van der Waals surface area contributed by atoms with Gasteiger partial charge < -0.3 is 15.5 Å². The summed E-state index contributed by atoms with van der Waals surface area (Å²) in [5.41, 5.74) is 1.71. The van der Waals surface area contributed by atoms with Crippen molar-refractivity contribution >= 4 is 50.8 Å². The van der Waals surface area contributed by atoms with Crippen LogP contribution in [0.2, 0.25) is 0 Å². The van der Waals surface area contributed by atoms with Gasteiger partial charge in [-0.3, -0.25) is 0 Å². The molecule has 4 aromatic rings. The van der Waals surface area contributed by atoms with Crippen LogP contribution in [0, 0.1) is 6.92 Å². The molecule has 0 spiro atoms. The first-order chi connectivity index (χ1) is 12.4. The van der Waals surface area contributed by atoms with Gasteiger partial charge in [0.2, 0.25) is 0 Å². The van der Waals surface area contributed by atoms with Gasteiger partial charge in [-0.05, 0) is 19.1 Å². The van der Waals surface area contributed by atoms with E-state index in [1.165, 1.54) is 0 Å². The van der Waals surface area contributed by atoms with Crippen molar-refractivity contribution in [1.29, 1.82) is 0 Å². The van der Waals surface area contributed by atoms with Gasteiger partial charge in [0.25, 0.3) is 0 Å².